The summed E-state index contributed by atoms with van der Waals surface area (Å²) in [7, 11) is 5.46. The second-order valence-corrected chi connectivity index (χ2v) is 8.13. The maximum Gasteiger partial charge on any atom is 0.255 e. The van der Waals surface area contributed by atoms with Crippen molar-refractivity contribution in [1.82, 2.24) is 14.9 Å². The minimum atomic E-state index is 0.0113. The lowest BCUT2D eigenvalue weighted by atomic mass is 9.88. The van der Waals surface area contributed by atoms with E-state index in [0.29, 0.717) is 17.8 Å². The Hall–Kier alpha value is -2.54. The van der Waals surface area contributed by atoms with Gasteiger partial charge in [-0.05, 0) is 56.3 Å². The Bertz CT molecular complexity index is 927. The first kappa shape index (κ1) is 19.8. The van der Waals surface area contributed by atoms with Crippen LogP contribution in [0.2, 0.25) is 0 Å². The molecule has 156 valence electrons. The molecule has 7 nitrogen and oxygen atoms in total. The first-order valence-electron chi connectivity index (χ1n) is 10.4. The van der Waals surface area contributed by atoms with Gasteiger partial charge in [0.1, 0.15) is 0 Å². The van der Waals surface area contributed by atoms with Crippen molar-refractivity contribution in [2.75, 3.05) is 46.2 Å². The molecule has 2 heterocycles. The van der Waals surface area contributed by atoms with Crippen LogP contribution in [-0.4, -0.2) is 55.8 Å². The molecule has 2 atom stereocenters. The third-order valence-electron chi connectivity index (χ3n) is 6.18. The molecule has 0 unspecified atom stereocenters. The third kappa shape index (κ3) is 4.10. The SMILES string of the molecule is COc1ccc([C@H]2CN(C)C[C@@H]2CNc2nc3c(c(=O)[nH]2)CCCC3)cc1OC. The predicted molar refractivity (Wildman–Crippen MR) is 113 cm³/mol. The van der Waals surface area contributed by atoms with Crippen LogP contribution in [0.1, 0.15) is 35.6 Å². The van der Waals surface area contributed by atoms with Gasteiger partial charge in [-0.15, -0.1) is 0 Å². The zero-order chi connectivity index (χ0) is 20.4. The highest BCUT2D eigenvalue weighted by atomic mass is 16.5. The molecule has 1 saturated heterocycles. The minimum absolute atomic E-state index is 0.0113. The molecule has 1 fully saturated rings. The van der Waals surface area contributed by atoms with E-state index in [9.17, 15) is 4.79 Å². The Balaban J connectivity index is 1.51. The molecule has 7 heteroatoms. The lowest BCUT2D eigenvalue weighted by Crippen LogP contribution is -2.26. The standard InChI is InChI=1S/C22H30N4O3/c1-26-12-15(17(13-26)14-8-9-19(28-2)20(10-14)29-3)11-23-22-24-18-7-5-4-6-16(18)21(27)25-22/h8-10,15,17H,4-7,11-13H2,1-3H3,(H2,23,24,25,27)/t15-,17+/m0/s1. The summed E-state index contributed by atoms with van der Waals surface area (Å²) in [5.41, 5.74) is 3.08. The van der Waals surface area contributed by atoms with Crippen molar-refractivity contribution in [1.29, 1.82) is 0 Å². The van der Waals surface area contributed by atoms with Crippen molar-refractivity contribution in [2.24, 2.45) is 5.92 Å². The molecule has 2 aromatic rings. The van der Waals surface area contributed by atoms with Gasteiger partial charge < -0.3 is 19.7 Å². The summed E-state index contributed by atoms with van der Waals surface area (Å²) >= 11 is 0. The normalized spacial score (nSPS) is 21.6. The van der Waals surface area contributed by atoms with E-state index in [1.165, 1.54) is 5.56 Å². The van der Waals surface area contributed by atoms with Gasteiger partial charge in [-0.2, -0.15) is 0 Å². The summed E-state index contributed by atoms with van der Waals surface area (Å²) in [5, 5.41) is 3.40. The van der Waals surface area contributed by atoms with Gasteiger partial charge in [-0.3, -0.25) is 9.78 Å². The topological polar surface area (TPSA) is 79.5 Å². The van der Waals surface area contributed by atoms with Gasteiger partial charge in [0.2, 0.25) is 5.95 Å². The molecule has 0 amide bonds. The first-order valence-corrected chi connectivity index (χ1v) is 10.4. The molecule has 2 aliphatic rings. The van der Waals surface area contributed by atoms with Crippen molar-refractivity contribution in [3.05, 3.63) is 45.4 Å². The Labute approximate surface area is 171 Å². The smallest absolute Gasteiger partial charge is 0.255 e. The van der Waals surface area contributed by atoms with Gasteiger partial charge in [0.15, 0.2) is 11.5 Å². The Morgan fingerprint density at radius 3 is 2.76 bits per heavy atom. The number of anilines is 1. The van der Waals surface area contributed by atoms with E-state index in [4.69, 9.17) is 9.47 Å². The number of nitrogens with zero attached hydrogens (tertiary/aromatic N) is 2. The fourth-order valence-electron chi connectivity index (χ4n) is 4.67. The van der Waals surface area contributed by atoms with Crippen LogP contribution in [0.25, 0.3) is 0 Å². The highest BCUT2D eigenvalue weighted by molar-refractivity contribution is 5.44. The van der Waals surface area contributed by atoms with Gasteiger partial charge in [0, 0.05) is 31.1 Å². The average molecular weight is 399 g/mol. The van der Waals surface area contributed by atoms with Crippen LogP contribution in [0.3, 0.4) is 0 Å². The zero-order valence-electron chi connectivity index (χ0n) is 17.5. The highest BCUT2D eigenvalue weighted by Gasteiger charge is 2.32. The fourth-order valence-corrected chi connectivity index (χ4v) is 4.67. The summed E-state index contributed by atoms with van der Waals surface area (Å²) in [4.78, 5) is 22.3. The van der Waals surface area contributed by atoms with Crippen molar-refractivity contribution in [3.8, 4) is 11.5 Å². The van der Waals surface area contributed by atoms with E-state index in [-0.39, 0.29) is 5.56 Å². The number of nitrogens with one attached hydrogen (secondary N) is 2. The van der Waals surface area contributed by atoms with Crippen LogP contribution in [-0.2, 0) is 12.8 Å². The average Bonchev–Trinajstić information content (AvgIpc) is 3.12. The van der Waals surface area contributed by atoms with Crippen LogP contribution in [0.15, 0.2) is 23.0 Å². The molecule has 1 aromatic carbocycles. The maximum absolute atomic E-state index is 12.4. The molecule has 0 bridgehead atoms. The lowest BCUT2D eigenvalue weighted by molar-refractivity contribution is 0.354. The largest absolute Gasteiger partial charge is 0.493 e. The van der Waals surface area contributed by atoms with Crippen LogP contribution in [0.4, 0.5) is 5.95 Å². The molecule has 29 heavy (non-hydrogen) atoms. The van der Waals surface area contributed by atoms with Crippen molar-refractivity contribution in [2.45, 2.75) is 31.6 Å². The van der Waals surface area contributed by atoms with E-state index in [1.807, 2.05) is 6.07 Å². The number of benzene rings is 1. The number of ether oxygens (including phenoxy) is 2. The van der Waals surface area contributed by atoms with E-state index in [1.54, 1.807) is 14.2 Å². The summed E-state index contributed by atoms with van der Waals surface area (Å²) in [6.45, 7) is 2.72. The molecule has 1 aliphatic heterocycles. The van der Waals surface area contributed by atoms with E-state index < -0.39 is 0 Å². The lowest BCUT2D eigenvalue weighted by Gasteiger charge is -2.21. The number of aromatic nitrogens is 2. The number of likely N-dealkylation sites (N-methyl/N-ethyl adjacent to an activating group) is 1. The van der Waals surface area contributed by atoms with Crippen LogP contribution < -0.4 is 20.3 Å². The number of H-pyrrole nitrogens is 1. The zero-order valence-corrected chi connectivity index (χ0v) is 17.5. The van der Waals surface area contributed by atoms with Crippen LogP contribution in [0.5, 0.6) is 11.5 Å². The summed E-state index contributed by atoms with van der Waals surface area (Å²) in [5.74, 6) is 2.87. The number of likely N-dealkylation sites (tertiary alicyclic amines) is 1. The Kier molecular flexibility index (Phi) is 5.76. The second-order valence-electron chi connectivity index (χ2n) is 8.13. The number of rotatable bonds is 6. The Morgan fingerprint density at radius 2 is 1.97 bits per heavy atom. The molecule has 2 N–H and O–H groups in total. The van der Waals surface area contributed by atoms with Crippen LogP contribution >= 0.6 is 0 Å². The van der Waals surface area contributed by atoms with Gasteiger partial charge in [0.05, 0.1) is 19.9 Å². The molecule has 0 saturated carbocycles. The number of aryl methyl sites for hydroxylation is 1. The van der Waals surface area contributed by atoms with Gasteiger partial charge in [0.25, 0.3) is 5.56 Å². The summed E-state index contributed by atoms with van der Waals surface area (Å²) in [6, 6.07) is 6.17. The monoisotopic (exact) mass is 398 g/mol. The number of hydrogen-bond acceptors (Lipinski definition) is 6. The predicted octanol–water partition coefficient (Wildman–Crippen LogP) is 2.42. The molecule has 0 radical (unpaired) electrons. The molecule has 4 rings (SSSR count). The number of aromatic amines is 1. The number of fused-ring (bicyclic) bond motifs is 1. The van der Waals surface area contributed by atoms with E-state index >= 15 is 0 Å². The maximum atomic E-state index is 12.4. The Morgan fingerprint density at radius 1 is 1.17 bits per heavy atom. The molecular weight excluding hydrogens is 368 g/mol. The molecule has 1 aromatic heterocycles. The van der Waals surface area contributed by atoms with Gasteiger partial charge in [-0.1, -0.05) is 6.07 Å². The summed E-state index contributed by atoms with van der Waals surface area (Å²) in [6.07, 6.45) is 3.92. The second kappa shape index (κ2) is 8.45. The fraction of sp³-hybridized carbons (Fsp3) is 0.545. The molecule has 0 spiro atoms. The number of methoxy groups -OCH3 is 2. The van der Waals surface area contributed by atoms with Gasteiger partial charge in [-0.25, -0.2) is 4.98 Å². The number of hydrogen-bond donors (Lipinski definition) is 2. The van der Waals surface area contributed by atoms with E-state index in [0.717, 1.165) is 68.1 Å². The molecule has 1 aliphatic carbocycles. The van der Waals surface area contributed by atoms with Crippen molar-refractivity contribution >= 4 is 5.95 Å². The van der Waals surface area contributed by atoms with Crippen molar-refractivity contribution in [3.63, 3.8) is 0 Å². The van der Waals surface area contributed by atoms with Crippen molar-refractivity contribution < 1.29 is 9.47 Å². The van der Waals surface area contributed by atoms with E-state index in [2.05, 4.69) is 39.4 Å². The minimum Gasteiger partial charge on any atom is -0.493 e. The van der Waals surface area contributed by atoms with Gasteiger partial charge >= 0.3 is 0 Å². The van der Waals surface area contributed by atoms with Crippen LogP contribution in [0, 0.1) is 5.92 Å². The summed E-state index contributed by atoms with van der Waals surface area (Å²) < 4.78 is 10.9. The first-order chi connectivity index (χ1) is 14.1. The molecular formula is C22H30N4O3. The third-order valence-corrected chi connectivity index (χ3v) is 6.18. The quantitative estimate of drug-likeness (QED) is 0.778. The highest BCUT2D eigenvalue weighted by Crippen LogP contribution is 2.37.